The van der Waals surface area contributed by atoms with Crippen LogP contribution in [0.4, 0.5) is 11.4 Å². The molecule has 0 radical (unpaired) electrons. The molecule has 0 unspecified atom stereocenters. The van der Waals surface area contributed by atoms with Gasteiger partial charge in [-0.3, -0.25) is 20.2 Å². The summed E-state index contributed by atoms with van der Waals surface area (Å²) in [6, 6.07) is 13.5. The number of nitrogen functional groups attached to an aromatic ring is 1. The number of amides is 1. The van der Waals surface area contributed by atoms with Crippen LogP contribution in [0.1, 0.15) is 32.0 Å². The molecule has 8 heteroatoms. The summed E-state index contributed by atoms with van der Waals surface area (Å²) < 4.78 is 0. The third-order valence-corrected chi connectivity index (χ3v) is 6.84. The van der Waals surface area contributed by atoms with Gasteiger partial charge in [-0.1, -0.05) is 32.9 Å². The molecule has 0 atom stereocenters. The fraction of sp³-hybridized carbons (Fsp3) is 0.143. The number of aromatic amines is 1. The second-order valence-corrected chi connectivity index (χ2v) is 10.6. The van der Waals surface area contributed by atoms with E-state index in [-0.39, 0.29) is 11.6 Å². The summed E-state index contributed by atoms with van der Waals surface area (Å²) in [6.07, 6.45) is 6.97. The number of H-pyrrole nitrogens is 1. The number of rotatable bonds is 5. The summed E-state index contributed by atoms with van der Waals surface area (Å²) in [4.78, 5) is 25.5. The van der Waals surface area contributed by atoms with E-state index in [9.17, 15) is 4.79 Å². The Hall–Kier alpha value is -4.30. The molecule has 0 saturated carbocycles. The SMILES string of the molecule is CC(C)(C)C(=O)Nc1cncc(-c2ccc(N)c(C(=N)c3cc4c(-c5cccs5)cncc4[nH]3)c2)c1. The van der Waals surface area contributed by atoms with E-state index in [4.69, 9.17) is 11.1 Å². The minimum atomic E-state index is -0.516. The Bertz CT molecular complexity index is 1590. The molecule has 7 nitrogen and oxygen atoms in total. The van der Waals surface area contributed by atoms with Crippen LogP contribution in [-0.2, 0) is 4.79 Å². The van der Waals surface area contributed by atoms with E-state index in [2.05, 4.69) is 26.3 Å². The molecular formula is C28H26N6OS. The Morgan fingerprint density at radius 1 is 1.03 bits per heavy atom. The Kier molecular flexibility index (Phi) is 5.89. The molecule has 0 spiro atoms. The monoisotopic (exact) mass is 494 g/mol. The lowest BCUT2D eigenvalue weighted by Gasteiger charge is -2.18. The third kappa shape index (κ3) is 4.50. The van der Waals surface area contributed by atoms with Gasteiger partial charge in [0.05, 0.1) is 35.0 Å². The number of thiophene rings is 1. The fourth-order valence-electron chi connectivity index (χ4n) is 3.90. The molecule has 1 aromatic carbocycles. The summed E-state index contributed by atoms with van der Waals surface area (Å²) in [6.45, 7) is 5.59. The molecule has 5 N–H and O–H groups in total. The zero-order valence-electron chi connectivity index (χ0n) is 20.2. The first-order valence-corrected chi connectivity index (χ1v) is 12.3. The quantitative estimate of drug-likeness (QED) is 0.168. The average Bonchev–Trinajstić information content (AvgIpc) is 3.54. The number of pyridine rings is 2. The third-order valence-electron chi connectivity index (χ3n) is 5.93. The van der Waals surface area contributed by atoms with Crippen molar-refractivity contribution in [1.29, 1.82) is 5.41 Å². The van der Waals surface area contributed by atoms with Crippen LogP contribution in [0, 0.1) is 10.8 Å². The van der Waals surface area contributed by atoms with Gasteiger partial charge in [0.1, 0.15) is 0 Å². The summed E-state index contributed by atoms with van der Waals surface area (Å²) in [7, 11) is 0. The lowest BCUT2D eigenvalue weighted by Crippen LogP contribution is -2.27. The van der Waals surface area contributed by atoms with E-state index in [1.807, 2.05) is 62.7 Å². The maximum Gasteiger partial charge on any atom is 0.229 e. The van der Waals surface area contributed by atoms with Crippen molar-refractivity contribution >= 4 is 45.2 Å². The number of hydrogen-bond acceptors (Lipinski definition) is 6. The van der Waals surface area contributed by atoms with Gasteiger partial charge in [-0.2, -0.15) is 0 Å². The van der Waals surface area contributed by atoms with Crippen LogP contribution in [0.3, 0.4) is 0 Å². The number of carbonyl (C=O) groups is 1. The molecule has 5 aromatic rings. The number of aromatic nitrogens is 3. The van der Waals surface area contributed by atoms with Crippen LogP contribution in [0.2, 0.25) is 0 Å². The van der Waals surface area contributed by atoms with Crippen molar-refractivity contribution < 1.29 is 4.79 Å². The van der Waals surface area contributed by atoms with E-state index < -0.39 is 5.41 Å². The molecule has 0 bridgehead atoms. The van der Waals surface area contributed by atoms with E-state index >= 15 is 0 Å². The number of nitrogens with two attached hydrogens (primary N) is 1. The Labute approximate surface area is 212 Å². The highest BCUT2D eigenvalue weighted by atomic mass is 32.1. The van der Waals surface area contributed by atoms with Gasteiger partial charge in [0.15, 0.2) is 0 Å². The van der Waals surface area contributed by atoms with Gasteiger partial charge in [0.2, 0.25) is 5.91 Å². The van der Waals surface area contributed by atoms with Crippen molar-refractivity contribution in [3.63, 3.8) is 0 Å². The largest absolute Gasteiger partial charge is 0.398 e. The van der Waals surface area contributed by atoms with Gasteiger partial charge in [-0.25, -0.2) is 0 Å². The predicted molar refractivity (Wildman–Crippen MR) is 148 cm³/mol. The number of nitrogens with one attached hydrogen (secondary N) is 3. The molecule has 0 aliphatic carbocycles. The molecule has 0 aliphatic heterocycles. The van der Waals surface area contributed by atoms with E-state index in [1.165, 1.54) is 0 Å². The molecule has 36 heavy (non-hydrogen) atoms. The van der Waals surface area contributed by atoms with Gasteiger partial charge in [0, 0.05) is 50.4 Å². The number of benzene rings is 1. The highest BCUT2D eigenvalue weighted by Crippen LogP contribution is 2.33. The molecule has 1 amide bonds. The maximum atomic E-state index is 12.4. The van der Waals surface area contributed by atoms with Gasteiger partial charge >= 0.3 is 0 Å². The first-order chi connectivity index (χ1) is 17.2. The normalized spacial score (nSPS) is 11.5. The fourth-order valence-corrected chi connectivity index (χ4v) is 4.65. The first kappa shape index (κ1) is 23.4. The number of carbonyl (C=O) groups excluding carboxylic acids is 1. The minimum absolute atomic E-state index is 0.0866. The summed E-state index contributed by atoms with van der Waals surface area (Å²) >= 11 is 1.65. The van der Waals surface area contributed by atoms with Gasteiger partial charge in [0.25, 0.3) is 0 Å². The van der Waals surface area contributed by atoms with Crippen LogP contribution in [0.25, 0.3) is 32.5 Å². The lowest BCUT2D eigenvalue weighted by molar-refractivity contribution is -0.123. The van der Waals surface area contributed by atoms with E-state index in [0.29, 0.717) is 22.6 Å². The molecule has 0 fully saturated rings. The highest BCUT2D eigenvalue weighted by molar-refractivity contribution is 7.13. The second-order valence-electron chi connectivity index (χ2n) is 9.65. The Morgan fingerprint density at radius 2 is 1.83 bits per heavy atom. The molecular weight excluding hydrogens is 468 g/mol. The highest BCUT2D eigenvalue weighted by Gasteiger charge is 2.21. The zero-order chi connectivity index (χ0) is 25.4. The molecule has 4 heterocycles. The number of nitrogens with zero attached hydrogens (tertiary/aromatic N) is 2. The van der Waals surface area contributed by atoms with Crippen LogP contribution in [-0.4, -0.2) is 26.6 Å². The topological polar surface area (TPSA) is 121 Å². The Morgan fingerprint density at radius 3 is 2.58 bits per heavy atom. The van der Waals surface area contributed by atoms with Crippen LogP contribution >= 0.6 is 11.3 Å². The maximum absolute atomic E-state index is 12.4. The summed E-state index contributed by atoms with van der Waals surface area (Å²) in [5, 5.41) is 14.9. The number of fused-ring (bicyclic) bond motifs is 1. The average molecular weight is 495 g/mol. The molecule has 180 valence electrons. The van der Waals surface area contributed by atoms with Crippen molar-refractivity contribution in [2.24, 2.45) is 5.41 Å². The van der Waals surface area contributed by atoms with E-state index in [1.54, 1.807) is 36.0 Å². The Balaban J connectivity index is 1.49. The van der Waals surface area contributed by atoms with E-state index in [0.717, 1.165) is 32.5 Å². The van der Waals surface area contributed by atoms with Crippen LogP contribution in [0.15, 0.2) is 72.6 Å². The number of hydrogen-bond donors (Lipinski definition) is 4. The molecule has 5 rings (SSSR count). The first-order valence-electron chi connectivity index (χ1n) is 11.5. The van der Waals surface area contributed by atoms with Gasteiger partial charge in [-0.05, 0) is 41.3 Å². The minimum Gasteiger partial charge on any atom is -0.398 e. The second kappa shape index (κ2) is 9.05. The zero-order valence-corrected chi connectivity index (χ0v) is 21.0. The standard InChI is InChI=1S/C28H26N6OS/c1-28(2,3)27(35)33-18-9-17(12-31-13-18)16-6-7-22(29)20(10-16)26(30)23-11-19-21(25-5-4-8-36-25)14-32-15-24(19)34-23/h4-15,30,34H,29H2,1-3H3,(H,33,35). The van der Waals surface area contributed by atoms with Crippen LogP contribution < -0.4 is 11.1 Å². The summed E-state index contributed by atoms with van der Waals surface area (Å²) in [5.74, 6) is -0.0866. The van der Waals surface area contributed by atoms with Crippen molar-refractivity contribution in [2.75, 3.05) is 11.1 Å². The van der Waals surface area contributed by atoms with Crippen molar-refractivity contribution in [3.05, 3.63) is 83.9 Å². The molecule has 0 saturated heterocycles. The van der Waals surface area contributed by atoms with Crippen molar-refractivity contribution in [3.8, 4) is 21.6 Å². The molecule has 0 aliphatic rings. The van der Waals surface area contributed by atoms with Gasteiger partial charge < -0.3 is 16.0 Å². The van der Waals surface area contributed by atoms with Crippen molar-refractivity contribution in [1.82, 2.24) is 15.0 Å². The molecule has 4 aromatic heterocycles. The predicted octanol–water partition coefficient (Wildman–Crippen LogP) is 6.34. The smallest absolute Gasteiger partial charge is 0.229 e. The van der Waals surface area contributed by atoms with Crippen molar-refractivity contribution in [2.45, 2.75) is 20.8 Å². The van der Waals surface area contributed by atoms with Gasteiger partial charge in [-0.15, -0.1) is 11.3 Å². The summed E-state index contributed by atoms with van der Waals surface area (Å²) in [5.41, 5.74) is 12.0. The van der Waals surface area contributed by atoms with Crippen LogP contribution in [0.5, 0.6) is 0 Å². The lowest BCUT2D eigenvalue weighted by atomic mass is 9.95. The number of anilines is 2.